The summed E-state index contributed by atoms with van der Waals surface area (Å²) < 4.78 is 75.3. The molecule has 0 N–H and O–H groups in total. The van der Waals surface area contributed by atoms with Gasteiger partial charge in [0.1, 0.15) is 20.8 Å². The Kier molecular flexibility index (Phi) is 24.4. The molecule has 4 aromatic rings. The highest BCUT2D eigenvalue weighted by Gasteiger charge is 2.38. The van der Waals surface area contributed by atoms with Crippen molar-refractivity contribution >= 4 is 54.0 Å². The predicted molar refractivity (Wildman–Crippen MR) is 280 cm³/mol. The van der Waals surface area contributed by atoms with Crippen molar-refractivity contribution in [1.82, 2.24) is 0 Å². The summed E-state index contributed by atoms with van der Waals surface area (Å²) in [6.45, 7) is 27.4. The normalized spacial score (nSPS) is 11.7. The van der Waals surface area contributed by atoms with E-state index in [-0.39, 0.29) is 47.9 Å². The summed E-state index contributed by atoms with van der Waals surface area (Å²) in [5.74, 6) is -0.439. The Bertz CT molecular complexity index is 2500. The third kappa shape index (κ3) is 19.1. The lowest BCUT2D eigenvalue weighted by Gasteiger charge is -2.29. The van der Waals surface area contributed by atoms with Gasteiger partial charge in [-0.25, -0.2) is 8.42 Å². The average Bonchev–Trinajstić information content (AvgIpc) is 3.20. The number of nitrogens with zero attached hydrogens (tertiary/aromatic N) is 1. The fraction of sp³-hybridized carbons (Fsp3) is 0.463. The van der Waals surface area contributed by atoms with Crippen molar-refractivity contribution in [1.29, 1.82) is 0 Å². The van der Waals surface area contributed by atoms with Crippen LogP contribution >= 0.6 is 15.8 Å². The molecule has 0 bridgehead atoms. The first-order valence-electron chi connectivity index (χ1n) is 23.3. The number of ether oxygens (including phenoxy) is 3. The molecule has 72 heavy (non-hydrogen) atoms. The van der Waals surface area contributed by atoms with Crippen LogP contribution < -0.4 is 0 Å². The molecule has 0 aliphatic rings. The van der Waals surface area contributed by atoms with E-state index in [0.717, 1.165) is 77.9 Å². The van der Waals surface area contributed by atoms with Crippen LogP contribution in [0.4, 0.5) is 13.2 Å². The molecule has 0 spiro atoms. The van der Waals surface area contributed by atoms with Crippen molar-refractivity contribution in [2.24, 2.45) is 0 Å². The predicted octanol–water partition coefficient (Wildman–Crippen LogP) is 11.7. The number of hydrogen-bond acceptors (Lipinski definition) is 11. The first-order valence-corrected chi connectivity index (χ1v) is 27.8. The van der Waals surface area contributed by atoms with Crippen molar-refractivity contribution in [2.45, 2.75) is 102 Å². The fourth-order valence-electron chi connectivity index (χ4n) is 8.40. The minimum absolute atomic E-state index is 0.00225. The van der Waals surface area contributed by atoms with Crippen LogP contribution in [0.3, 0.4) is 0 Å². The van der Waals surface area contributed by atoms with Gasteiger partial charge in [0.15, 0.2) is 32.2 Å². The van der Waals surface area contributed by atoms with E-state index in [4.69, 9.17) is 27.2 Å². The lowest BCUT2D eigenvalue weighted by molar-refractivity contribution is -0.857. The van der Waals surface area contributed by atoms with Gasteiger partial charge in [0.05, 0.1) is 47.4 Å². The average molecular weight is 1060 g/mol. The molecule has 0 amide bonds. The first kappa shape index (κ1) is 63.6. The van der Waals surface area contributed by atoms with Crippen LogP contribution in [-0.2, 0) is 29.1 Å². The molecule has 12 nitrogen and oxygen atoms in total. The molecule has 0 atom stereocenters. The smallest absolute Gasteiger partial charge is 0.485 e. The first-order chi connectivity index (χ1) is 33.1. The van der Waals surface area contributed by atoms with Crippen LogP contribution in [0.1, 0.15) is 122 Å². The largest absolute Gasteiger partial charge is 0.741 e. The van der Waals surface area contributed by atoms with Gasteiger partial charge in [0.25, 0.3) is 0 Å². The molecule has 0 radical (unpaired) electrons. The van der Waals surface area contributed by atoms with Gasteiger partial charge in [-0.2, -0.15) is 13.2 Å². The molecule has 0 saturated heterocycles. The van der Waals surface area contributed by atoms with E-state index in [1.165, 1.54) is 0 Å². The molecule has 0 aliphatic heterocycles. The summed E-state index contributed by atoms with van der Waals surface area (Å²) in [5.41, 5.74) is 8.24. The second-order valence-corrected chi connectivity index (χ2v) is 24.4. The lowest BCUT2D eigenvalue weighted by Crippen LogP contribution is -2.36. The molecule has 0 unspecified atom stereocenters. The number of carbonyl (C=O) groups excluding carboxylic acids is 5. The summed E-state index contributed by atoms with van der Waals surface area (Å²) >= 11 is 0. The maximum Gasteiger partial charge on any atom is 0.485 e. The molecule has 0 saturated carbocycles. The van der Waals surface area contributed by atoms with E-state index >= 15 is 0 Å². The van der Waals surface area contributed by atoms with Crippen molar-refractivity contribution < 1.29 is 68.8 Å². The SMILES string of the molecule is CCOCCOCCOC(=O)CCP(C(=O)c1c(C)cc(C)cc1C)C(=O)c1c(C)cc(C)cc1C.Cc1cc(C)c(C(=O)P(C[N+](C)(C)C)C(=O)c2c(C)cc(C)cc2C)c(C)c1.O=S(=O)([O-])C(F)(F)F. The summed E-state index contributed by atoms with van der Waals surface area (Å²) in [7, 11) is -3.29. The van der Waals surface area contributed by atoms with Gasteiger partial charge < -0.3 is 23.2 Å². The van der Waals surface area contributed by atoms with Crippen molar-refractivity contribution in [3.8, 4) is 0 Å². The number of esters is 1. The minimum Gasteiger partial charge on any atom is -0.741 e. The van der Waals surface area contributed by atoms with E-state index in [1.54, 1.807) is 0 Å². The molecule has 0 aromatic heterocycles. The number of alkyl halides is 3. The zero-order valence-electron chi connectivity index (χ0n) is 44.7. The lowest BCUT2D eigenvalue weighted by atomic mass is 10.0. The molecule has 396 valence electrons. The third-order valence-corrected chi connectivity index (χ3v) is 16.2. The zero-order chi connectivity index (χ0) is 55.2. The Morgan fingerprint density at radius 1 is 0.514 bits per heavy atom. The van der Waals surface area contributed by atoms with Crippen LogP contribution in [0.5, 0.6) is 0 Å². The van der Waals surface area contributed by atoms with Crippen LogP contribution in [-0.4, -0.2) is 118 Å². The monoisotopic (exact) mass is 1060 g/mol. The van der Waals surface area contributed by atoms with Gasteiger partial charge >= 0.3 is 11.5 Å². The highest BCUT2D eigenvalue weighted by molar-refractivity contribution is 7.90. The van der Waals surface area contributed by atoms with Gasteiger partial charge in [-0.15, -0.1) is 0 Å². The second kappa shape index (κ2) is 27.7. The van der Waals surface area contributed by atoms with Crippen molar-refractivity contribution in [2.75, 3.05) is 66.6 Å². The standard InChI is InChI=1S/C29H39O6P.C24H33NO2P.CHF3O3S/c1-8-33-10-11-34-12-13-35-25(30)9-14-36(28(31)26-21(4)15-19(2)16-22(26)5)29(32)27-23(6)17-20(3)18-24(27)7;1-15-10-17(3)21(18(4)11-15)23(26)28(14-25(7,8)9)24(27)22-19(5)12-16(2)13-20(22)6;2-1(3,4)8(5,6)7/h15-18H,8-14H2,1-7H3;10-13H,14H2,1-9H3;(H,5,6,7)/q;+1;/p-1. The molecule has 4 rings (SSSR count). The number of quaternary nitrogens is 1. The van der Waals surface area contributed by atoms with E-state index in [2.05, 4.69) is 0 Å². The molecule has 4 aromatic carbocycles. The summed E-state index contributed by atoms with van der Waals surface area (Å²) in [4.78, 5) is 67.4. The number of aryl methyl sites for hydroxylation is 12. The highest BCUT2D eigenvalue weighted by Crippen LogP contribution is 2.48. The van der Waals surface area contributed by atoms with Gasteiger partial charge in [-0.3, -0.25) is 24.0 Å². The van der Waals surface area contributed by atoms with E-state index in [0.29, 0.717) is 41.7 Å². The summed E-state index contributed by atoms with van der Waals surface area (Å²) in [6.07, 6.45) is 0.680. The Morgan fingerprint density at radius 2 is 0.778 bits per heavy atom. The Hall–Kier alpha value is -4.53. The van der Waals surface area contributed by atoms with Gasteiger partial charge in [-0.05, 0) is 141 Å². The van der Waals surface area contributed by atoms with E-state index in [9.17, 15) is 37.1 Å². The Morgan fingerprint density at radius 3 is 1.04 bits per heavy atom. The quantitative estimate of drug-likeness (QED) is 0.0206. The minimum atomic E-state index is -6.09. The summed E-state index contributed by atoms with van der Waals surface area (Å²) in [5, 5.41) is 0. The van der Waals surface area contributed by atoms with Crippen LogP contribution in [0.2, 0.25) is 0 Å². The molecule has 0 fully saturated rings. The van der Waals surface area contributed by atoms with Crippen LogP contribution in [0.25, 0.3) is 0 Å². The van der Waals surface area contributed by atoms with E-state index in [1.807, 2.05) is 160 Å². The Labute approximate surface area is 427 Å². The second-order valence-electron chi connectivity index (χ2n) is 19.0. The molecule has 0 aliphatic carbocycles. The van der Waals surface area contributed by atoms with Gasteiger partial charge in [0, 0.05) is 36.8 Å². The maximum atomic E-state index is 13.8. The third-order valence-electron chi connectivity index (χ3n) is 11.0. The van der Waals surface area contributed by atoms with Gasteiger partial charge in [0.2, 0.25) is 0 Å². The number of halogens is 3. The molecular formula is C54H72F3NO11P2S. The Balaban J connectivity index is 0.000000437. The van der Waals surface area contributed by atoms with E-state index < -0.39 is 37.4 Å². The van der Waals surface area contributed by atoms with Crippen LogP contribution in [0, 0.1) is 83.1 Å². The van der Waals surface area contributed by atoms with Crippen LogP contribution in [0.15, 0.2) is 48.5 Å². The topological polar surface area (TPSA) is 170 Å². The highest BCUT2D eigenvalue weighted by atomic mass is 32.2. The maximum absolute atomic E-state index is 13.8. The van der Waals surface area contributed by atoms with Crippen molar-refractivity contribution in [3.63, 3.8) is 0 Å². The number of hydrogen-bond donors (Lipinski definition) is 0. The zero-order valence-corrected chi connectivity index (χ0v) is 47.3. The van der Waals surface area contributed by atoms with Gasteiger partial charge in [-0.1, -0.05) is 70.8 Å². The molecule has 0 heterocycles. The number of rotatable bonds is 20. The molecular weight excluding hydrogens is 990 g/mol. The van der Waals surface area contributed by atoms with Crippen molar-refractivity contribution in [3.05, 3.63) is 138 Å². The number of carbonyl (C=O) groups is 5. The molecule has 18 heteroatoms. The number of benzene rings is 4. The fourth-order valence-corrected chi connectivity index (χ4v) is 13.2. The summed E-state index contributed by atoms with van der Waals surface area (Å²) in [6, 6.07) is 16.0.